The molecule has 0 spiro atoms. The zero-order valence-corrected chi connectivity index (χ0v) is 15.2. The minimum atomic E-state index is -0.0420. The minimum absolute atomic E-state index is 0.0420. The Morgan fingerprint density at radius 3 is 2.80 bits per heavy atom. The van der Waals surface area contributed by atoms with E-state index in [1.54, 1.807) is 17.7 Å². The average Bonchev–Trinajstić information content (AvgIpc) is 3.27. The van der Waals surface area contributed by atoms with E-state index in [-0.39, 0.29) is 5.56 Å². The molecule has 1 aromatic carbocycles. The summed E-state index contributed by atoms with van der Waals surface area (Å²) in [6, 6.07) is 9.75. The normalized spacial score (nSPS) is 11.3. The van der Waals surface area contributed by atoms with Gasteiger partial charge in [0.25, 0.3) is 5.56 Å². The molecule has 8 heteroatoms. The summed E-state index contributed by atoms with van der Waals surface area (Å²) in [5.41, 5.74) is 2.05. The summed E-state index contributed by atoms with van der Waals surface area (Å²) in [7, 11) is 1.72. The molecule has 0 saturated carbocycles. The summed E-state index contributed by atoms with van der Waals surface area (Å²) in [6.07, 6.45) is 0. The van der Waals surface area contributed by atoms with Crippen LogP contribution in [-0.4, -0.2) is 19.7 Å². The summed E-state index contributed by atoms with van der Waals surface area (Å²) >= 11 is 2.87. The number of nitrogens with zero attached hydrogens (tertiary/aromatic N) is 4. The third-order valence-corrected chi connectivity index (χ3v) is 5.59. The third kappa shape index (κ3) is 3.10. The number of fused-ring (bicyclic) bond motifs is 1. The van der Waals surface area contributed by atoms with Gasteiger partial charge in [-0.2, -0.15) is 4.98 Å². The fourth-order valence-corrected chi connectivity index (χ4v) is 3.98. The number of hydrogen-bond donors (Lipinski definition) is 0. The second kappa shape index (κ2) is 6.45. The van der Waals surface area contributed by atoms with Crippen LogP contribution in [0.2, 0.25) is 0 Å². The molecule has 4 aromatic rings. The van der Waals surface area contributed by atoms with Gasteiger partial charge >= 0.3 is 0 Å². The molecule has 25 heavy (non-hydrogen) atoms. The van der Waals surface area contributed by atoms with Crippen LogP contribution in [0.4, 0.5) is 0 Å². The molecular weight excluding hydrogens is 356 g/mol. The van der Waals surface area contributed by atoms with Crippen LogP contribution in [0.5, 0.6) is 0 Å². The van der Waals surface area contributed by atoms with Crippen molar-refractivity contribution in [1.82, 2.24) is 19.7 Å². The number of rotatable bonds is 4. The Bertz CT molecular complexity index is 1100. The fourth-order valence-electron chi connectivity index (χ4n) is 2.37. The summed E-state index contributed by atoms with van der Waals surface area (Å²) in [5.74, 6) is 1.52. The summed E-state index contributed by atoms with van der Waals surface area (Å²) in [6.45, 7) is 2.03. The summed E-state index contributed by atoms with van der Waals surface area (Å²) in [5, 5.41) is 7.18. The van der Waals surface area contributed by atoms with E-state index in [1.807, 2.05) is 36.6 Å². The molecule has 6 nitrogen and oxygen atoms in total. The van der Waals surface area contributed by atoms with Gasteiger partial charge in [0.1, 0.15) is 4.83 Å². The van der Waals surface area contributed by atoms with Gasteiger partial charge in [0.05, 0.1) is 11.1 Å². The van der Waals surface area contributed by atoms with Gasteiger partial charge in [-0.3, -0.25) is 9.36 Å². The predicted octanol–water partition coefficient (Wildman–Crippen LogP) is 3.65. The van der Waals surface area contributed by atoms with E-state index in [2.05, 4.69) is 15.1 Å². The monoisotopic (exact) mass is 370 g/mol. The number of aryl methyl sites for hydroxylation is 1. The van der Waals surface area contributed by atoms with Crippen LogP contribution in [-0.2, 0) is 12.8 Å². The van der Waals surface area contributed by atoms with Crippen molar-refractivity contribution in [3.8, 4) is 11.4 Å². The quantitative estimate of drug-likeness (QED) is 0.403. The van der Waals surface area contributed by atoms with Gasteiger partial charge in [-0.15, -0.1) is 11.3 Å². The Morgan fingerprint density at radius 2 is 2.00 bits per heavy atom. The highest BCUT2D eigenvalue weighted by Crippen LogP contribution is 2.24. The largest absolute Gasteiger partial charge is 0.338 e. The maximum absolute atomic E-state index is 12.3. The average molecular weight is 370 g/mol. The highest BCUT2D eigenvalue weighted by atomic mass is 32.2. The molecule has 0 unspecified atom stereocenters. The van der Waals surface area contributed by atoms with Crippen LogP contribution in [0.15, 0.2) is 50.2 Å². The van der Waals surface area contributed by atoms with Crippen molar-refractivity contribution in [3.63, 3.8) is 0 Å². The molecule has 0 atom stereocenters. The van der Waals surface area contributed by atoms with Gasteiger partial charge in [-0.05, 0) is 18.4 Å². The van der Waals surface area contributed by atoms with E-state index in [4.69, 9.17) is 4.52 Å². The molecule has 0 saturated heterocycles. The van der Waals surface area contributed by atoms with E-state index < -0.39 is 0 Å². The molecule has 126 valence electrons. The van der Waals surface area contributed by atoms with Crippen LogP contribution in [0.25, 0.3) is 21.6 Å². The van der Waals surface area contributed by atoms with Gasteiger partial charge in [-0.1, -0.05) is 46.7 Å². The van der Waals surface area contributed by atoms with E-state index in [0.29, 0.717) is 28.0 Å². The maximum atomic E-state index is 12.3. The van der Waals surface area contributed by atoms with Crippen molar-refractivity contribution in [2.75, 3.05) is 0 Å². The molecule has 0 radical (unpaired) electrons. The van der Waals surface area contributed by atoms with Crippen LogP contribution in [0, 0.1) is 6.92 Å². The summed E-state index contributed by atoms with van der Waals surface area (Å²) < 4.78 is 6.87. The highest BCUT2D eigenvalue weighted by molar-refractivity contribution is 7.98. The predicted molar refractivity (Wildman–Crippen MR) is 98.9 cm³/mol. The molecule has 0 aliphatic rings. The van der Waals surface area contributed by atoms with Gasteiger partial charge in [0, 0.05) is 12.6 Å². The van der Waals surface area contributed by atoms with Gasteiger partial charge in [-0.25, -0.2) is 4.98 Å². The molecule has 3 aromatic heterocycles. The Hall–Kier alpha value is -2.45. The van der Waals surface area contributed by atoms with Crippen molar-refractivity contribution in [3.05, 3.63) is 57.5 Å². The lowest BCUT2D eigenvalue weighted by Crippen LogP contribution is -2.19. The molecule has 0 amide bonds. The van der Waals surface area contributed by atoms with E-state index in [1.165, 1.54) is 28.7 Å². The molecule has 4 rings (SSSR count). The fraction of sp³-hybridized carbons (Fsp3) is 0.176. The van der Waals surface area contributed by atoms with Crippen molar-refractivity contribution in [1.29, 1.82) is 0 Å². The first-order valence-electron chi connectivity index (χ1n) is 7.58. The second-order valence-electron chi connectivity index (χ2n) is 5.56. The van der Waals surface area contributed by atoms with Crippen molar-refractivity contribution < 1.29 is 4.52 Å². The zero-order chi connectivity index (χ0) is 17.4. The molecule has 0 N–H and O–H groups in total. The first-order chi connectivity index (χ1) is 12.1. The van der Waals surface area contributed by atoms with Crippen molar-refractivity contribution in [2.45, 2.75) is 17.8 Å². The molecular formula is C17H14N4O2S2. The first kappa shape index (κ1) is 16.0. The van der Waals surface area contributed by atoms with Gasteiger partial charge in [0.15, 0.2) is 5.16 Å². The number of aromatic nitrogens is 4. The molecule has 0 aliphatic carbocycles. The van der Waals surface area contributed by atoms with Crippen LogP contribution in [0.1, 0.15) is 11.5 Å². The zero-order valence-electron chi connectivity index (χ0n) is 13.6. The minimum Gasteiger partial charge on any atom is -0.338 e. The number of benzene rings is 1. The van der Waals surface area contributed by atoms with E-state index >= 15 is 0 Å². The standard InChI is InChI=1S/C17H14N4O2S2/c1-10-3-5-11(6-4-10)14-18-13(23-20-14)9-25-17-19-15-12(7-8-24-15)16(22)21(17)2/h3-8H,9H2,1-2H3. The van der Waals surface area contributed by atoms with Gasteiger partial charge in [0.2, 0.25) is 11.7 Å². The van der Waals surface area contributed by atoms with Crippen molar-refractivity contribution >= 4 is 33.3 Å². The third-order valence-electron chi connectivity index (χ3n) is 3.77. The lowest BCUT2D eigenvalue weighted by molar-refractivity contribution is 0.391. The number of hydrogen-bond acceptors (Lipinski definition) is 7. The first-order valence-corrected chi connectivity index (χ1v) is 9.45. The Labute approximate surface area is 151 Å². The smallest absolute Gasteiger partial charge is 0.262 e. The SMILES string of the molecule is Cc1ccc(-c2noc(CSc3nc4sccc4c(=O)n3C)n2)cc1. The lowest BCUT2D eigenvalue weighted by atomic mass is 10.1. The Morgan fingerprint density at radius 1 is 1.20 bits per heavy atom. The van der Waals surface area contributed by atoms with E-state index in [0.717, 1.165) is 10.4 Å². The second-order valence-corrected chi connectivity index (χ2v) is 7.40. The van der Waals surface area contributed by atoms with Crippen LogP contribution in [0.3, 0.4) is 0 Å². The van der Waals surface area contributed by atoms with Crippen molar-refractivity contribution in [2.24, 2.45) is 7.05 Å². The Balaban J connectivity index is 1.55. The molecule has 3 heterocycles. The summed E-state index contributed by atoms with van der Waals surface area (Å²) in [4.78, 5) is 22.0. The highest BCUT2D eigenvalue weighted by Gasteiger charge is 2.13. The molecule has 0 aliphatic heterocycles. The van der Waals surface area contributed by atoms with E-state index in [9.17, 15) is 4.79 Å². The van der Waals surface area contributed by atoms with Gasteiger partial charge < -0.3 is 4.52 Å². The maximum Gasteiger partial charge on any atom is 0.262 e. The topological polar surface area (TPSA) is 73.8 Å². The number of thioether (sulfide) groups is 1. The van der Waals surface area contributed by atoms with Crippen LogP contribution < -0.4 is 5.56 Å². The Kier molecular flexibility index (Phi) is 4.14. The number of thiophene rings is 1. The lowest BCUT2D eigenvalue weighted by Gasteiger charge is -2.05. The molecule has 0 fully saturated rings. The van der Waals surface area contributed by atoms with Crippen LogP contribution >= 0.6 is 23.1 Å². The molecule has 0 bridgehead atoms.